The van der Waals surface area contributed by atoms with Crippen LogP contribution in [-0.2, 0) is 30.4 Å². The summed E-state index contributed by atoms with van der Waals surface area (Å²) in [4.78, 5) is 23.4. The van der Waals surface area contributed by atoms with E-state index in [1.807, 2.05) is 30.3 Å². The van der Waals surface area contributed by atoms with Crippen LogP contribution in [0.15, 0.2) is 30.3 Å². The van der Waals surface area contributed by atoms with Crippen molar-refractivity contribution < 1.29 is 28.9 Å². The predicted octanol–water partition coefficient (Wildman–Crippen LogP) is 2.20. The van der Waals surface area contributed by atoms with Crippen molar-refractivity contribution in [3.8, 4) is 0 Å². The second-order valence-corrected chi connectivity index (χ2v) is 5.80. The minimum absolute atomic E-state index is 0.124. The first kappa shape index (κ1) is 18.6. The summed E-state index contributed by atoms with van der Waals surface area (Å²) in [7, 11) is 0. The molecule has 0 saturated carbocycles. The molecule has 2 atom stereocenters. The number of Topliss-reactive ketones (excluding diaryl/α,β-unsaturated/α-hetero) is 1. The van der Waals surface area contributed by atoms with Crippen molar-refractivity contribution in [2.24, 2.45) is 0 Å². The van der Waals surface area contributed by atoms with Gasteiger partial charge in [0.05, 0.1) is 19.3 Å². The highest BCUT2D eigenvalue weighted by Gasteiger charge is 2.30. The molecule has 0 aliphatic carbocycles. The Labute approximate surface area is 141 Å². The normalized spacial score (nSPS) is 18.9. The van der Waals surface area contributed by atoms with Gasteiger partial charge in [-0.15, -0.1) is 0 Å². The van der Waals surface area contributed by atoms with Gasteiger partial charge in [0.25, 0.3) is 0 Å². The number of carboxylic acids is 1. The molecule has 0 amide bonds. The average Bonchev–Trinajstić information content (AvgIpc) is 2.60. The fourth-order valence-corrected chi connectivity index (χ4v) is 2.53. The van der Waals surface area contributed by atoms with Gasteiger partial charge < -0.3 is 19.3 Å². The number of carbonyl (C=O) groups is 2. The van der Waals surface area contributed by atoms with Crippen LogP contribution in [0.1, 0.15) is 31.2 Å². The van der Waals surface area contributed by atoms with E-state index in [0.717, 1.165) is 18.4 Å². The number of rotatable bonds is 10. The Morgan fingerprint density at radius 1 is 1.29 bits per heavy atom. The number of ether oxygens (including phenoxy) is 3. The van der Waals surface area contributed by atoms with E-state index >= 15 is 0 Å². The van der Waals surface area contributed by atoms with Gasteiger partial charge in [0.2, 0.25) is 6.10 Å². The molecule has 0 bridgehead atoms. The maximum Gasteiger partial charge on any atom is 0.340 e. The number of aliphatic carboxylic acids is 1. The Morgan fingerprint density at radius 2 is 2.08 bits per heavy atom. The number of ketones is 1. The third-order valence-corrected chi connectivity index (χ3v) is 3.79. The Morgan fingerprint density at radius 3 is 2.75 bits per heavy atom. The lowest BCUT2D eigenvalue weighted by molar-refractivity contribution is -0.165. The summed E-state index contributed by atoms with van der Waals surface area (Å²) in [5.74, 6) is -1.66. The van der Waals surface area contributed by atoms with Gasteiger partial charge in [0.15, 0.2) is 5.78 Å². The van der Waals surface area contributed by atoms with Crippen molar-refractivity contribution in [2.75, 3.05) is 19.8 Å². The summed E-state index contributed by atoms with van der Waals surface area (Å²) >= 11 is 0. The molecule has 6 nitrogen and oxygen atoms in total. The number of hydrogen-bond donors (Lipinski definition) is 1. The Kier molecular flexibility index (Phi) is 7.88. The average molecular weight is 336 g/mol. The van der Waals surface area contributed by atoms with E-state index in [0.29, 0.717) is 32.8 Å². The van der Waals surface area contributed by atoms with Gasteiger partial charge in [0, 0.05) is 19.6 Å². The molecule has 132 valence electrons. The van der Waals surface area contributed by atoms with E-state index in [9.17, 15) is 14.7 Å². The topological polar surface area (TPSA) is 82.1 Å². The molecule has 1 aromatic rings. The lowest BCUT2D eigenvalue weighted by Gasteiger charge is -2.25. The summed E-state index contributed by atoms with van der Waals surface area (Å²) in [5.41, 5.74) is 1.06. The maximum atomic E-state index is 12.1. The van der Waals surface area contributed by atoms with Gasteiger partial charge in [-0.25, -0.2) is 4.79 Å². The van der Waals surface area contributed by atoms with Crippen molar-refractivity contribution >= 4 is 11.8 Å². The minimum Gasteiger partial charge on any atom is -0.479 e. The summed E-state index contributed by atoms with van der Waals surface area (Å²) in [6.07, 6.45) is 0.402. The van der Waals surface area contributed by atoms with Crippen LogP contribution in [0, 0.1) is 0 Å². The smallest absolute Gasteiger partial charge is 0.340 e. The van der Waals surface area contributed by atoms with E-state index in [2.05, 4.69) is 0 Å². The third kappa shape index (κ3) is 6.39. The van der Waals surface area contributed by atoms with Gasteiger partial charge >= 0.3 is 5.97 Å². The van der Waals surface area contributed by atoms with Gasteiger partial charge in [-0.2, -0.15) is 0 Å². The molecule has 2 rings (SSSR count). The van der Waals surface area contributed by atoms with E-state index in [4.69, 9.17) is 14.2 Å². The van der Waals surface area contributed by atoms with Crippen LogP contribution in [0.25, 0.3) is 0 Å². The quantitative estimate of drug-likeness (QED) is 0.521. The summed E-state index contributed by atoms with van der Waals surface area (Å²) in [6, 6.07) is 9.74. The van der Waals surface area contributed by atoms with Gasteiger partial charge in [-0.05, 0) is 24.8 Å². The molecule has 1 saturated heterocycles. The molecular formula is C18H24O6. The van der Waals surface area contributed by atoms with Crippen LogP contribution in [-0.4, -0.2) is 48.9 Å². The van der Waals surface area contributed by atoms with E-state index in [1.54, 1.807) is 0 Å². The van der Waals surface area contributed by atoms with Gasteiger partial charge in [-0.3, -0.25) is 4.79 Å². The molecule has 0 aromatic heterocycles. The number of carboxylic acid groups (broad SMARTS) is 1. The largest absolute Gasteiger partial charge is 0.479 e. The Bertz CT molecular complexity index is 510. The summed E-state index contributed by atoms with van der Waals surface area (Å²) in [6.45, 7) is 1.88. The fourth-order valence-electron chi connectivity index (χ4n) is 2.53. The zero-order valence-electron chi connectivity index (χ0n) is 13.7. The van der Waals surface area contributed by atoms with Gasteiger partial charge in [-0.1, -0.05) is 30.3 Å². The molecule has 2 unspecified atom stereocenters. The lowest BCUT2D eigenvalue weighted by atomic mass is 10.1. The van der Waals surface area contributed by atoms with Gasteiger partial charge in [0.1, 0.15) is 0 Å². The van der Waals surface area contributed by atoms with Crippen LogP contribution >= 0.6 is 0 Å². The molecule has 1 aromatic carbocycles. The molecule has 6 heteroatoms. The maximum absolute atomic E-state index is 12.1. The highest BCUT2D eigenvalue weighted by atomic mass is 16.6. The van der Waals surface area contributed by atoms with E-state index in [1.165, 1.54) is 0 Å². The Hall–Kier alpha value is -1.76. The first-order valence-corrected chi connectivity index (χ1v) is 8.27. The van der Waals surface area contributed by atoms with Crippen LogP contribution in [0.5, 0.6) is 0 Å². The van der Waals surface area contributed by atoms with E-state index in [-0.39, 0.29) is 12.5 Å². The molecule has 1 N–H and O–H groups in total. The first-order valence-electron chi connectivity index (χ1n) is 8.27. The molecule has 0 radical (unpaired) electrons. The zero-order chi connectivity index (χ0) is 17.2. The van der Waals surface area contributed by atoms with Crippen molar-refractivity contribution in [3.05, 3.63) is 35.9 Å². The number of hydrogen-bond acceptors (Lipinski definition) is 5. The second kappa shape index (κ2) is 10.2. The van der Waals surface area contributed by atoms with Crippen molar-refractivity contribution in [1.82, 2.24) is 0 Å². The lowest BCUT2D eigenvalue weighted by Crippen LogP contribution is -2.39. The molecule has 0 spiro atoms. The standard InChI is InChI=1S/C18H24O6/c19-16(9-5-11-22-12-14-6-2-1-3-7-14)17(18(20)21)24-15-8-4-10-23-13-15/h1-3,6-7,15,17H,4-5,8-13H2,(H,20,21). The summed E-state index contributed by atoms with van der Waals surface area (Å²) in [5, 5.41) is 9.21. The minimum atomic E-state index is -1.41. The zero-order valence-corrected chi connectivity index (χ0v) is 13.7. The molecule has 1 aliphatic rings. The predicted molar refractivity (Wildman–Crippen MR) is 86.7 cm³/mol. The van der Waals surface area contributed by atoms with Crippen LogP contribution in [0.4, 0.5) is 0 Å². The van der Waals surface area contributed by atoms with Crippen molar-refractivity contribution in [2.45, 2.75) is 44.5 Å². The molecular weight excluding hydrogens is 312 g/mol. The molecule has 1 fully saturated rings. The van der Waals surface area contributed by atoms with Crippen LogP contribution < -0.4 is 0 Å². The Balaban J connectivity index is 1.67. The van der Waals surface area contributed by atoms with Crippen LogP contribution in [0.2, 0.25) is 0 Å². The van der Waals surface area contributed by atoms with E-state index < -0.39 is 17.9 Å². The highest BCUT2D eigenvalue weighted by Crippen LogP contribution is 2.14. The third-order valence-electron chi connectivity index (χ3n) is 3.79. The number of carbonyl (C=O) groups excluding carboxylic acids is 1. The molecule has 1 heterocycles. The monoisotopic (exact) mass is 336 g/mol. The number of benzene rings is 1. The molecule has 24 heavy (non-hydrogen) atoms. The van der Waals surface area contributed by atoms with Crippen molar-refractivity contribution in [1.29, 1.82) is 0 Å². The second-order valence-electron chi connectivity index (χ2n) is 5.80. The van der Waals surface area contributed by atoms with Crippen molar-refractivity contribution in [3.63, 3.8) is 0 Å². The first-order chi connectivity index (χ1) is 11.7. The SMILES string of the molecule is O=C(O)C(OC1CCCOC1)C(=O)CCCOCc1ccccc1. The van der Waals surface area contributed by atoms with Crippen LogP contribution in [0.3, 0.4) is 0 Å². The fraction of sp³-hybridized carbons (Fsp3) is 0.556. The highest BCUT2D eigenvalue weighted by molar-refractivity contribution is 6.01. The summed E-state index contributed by atoms with van der Waals surface area (Å²) < 4.78 is 16.2. The molecule has 1 aliphatic heterocycles.